The van der Waals surface area contributed by atoms with E-state index in [4.69, 9.17) is 4.74 Å². The largest absolute Gasteiger partial charge is 0.496 e. The lowest BCUT2D eigenvalue weighted by Gasteiger charge is -2.26. The molecule has 7 heteroatoms. The van der Waals surface area contributed by atoms with E-state index < -0.39 is 0 Å². The number of aromatic nitrogens is 1. The molecule has 2 N–H and O–H groups in total. The fraction of sp³-hybridized carbons (Fsp3) is 0.412. The van der Waals surface area contributed by atoms with Crippen molar-refractivity contribution in [1.29, 1.82) is 0 Å². The summed E-state index contributed by atoms with van der Waals surface area (Å²) in [5, 5.41) is 6.05. The number of carbonyl (C=O) groups is 1. The van der Waals surface area contributed by atoms with Crippen LogP contribution in [0.25, 0.3) is 0 Å². The van der Waals surface area contributed by atoms with E-state index in [2.05, 4.69) is 15.7 Å². The standard InChI is InChI=1S/C17H22N4O2S/c1-23-14-8-4-3-7-13(14)11-18-17-15(19-12-24-17)16(22)20-21-9-5-2-6-10-21/h3-4,7-8,12,18H,2,5-6,9-11H2,1H3,(H,20,22). The van der Waals surface area contributed by atoms with Crippen LogP contribution in [0.4, 0.5) is 5.00 Å². The van der Waals surface area contributed by atoms with Gasteiger partial charge in [0.1, 0.15) is 10.8 Å². The van der Waals surface area contributed by atoms with Gasteiger partial charge in [-0.05, 0) is 18.9 Å². The van der Waals surface area contributed by atoms with Gasteiger partial charge in [0.05, 0.1) is 12.6 Å². The van der Waals surface area contributed by atoms with Gasteiger partial charge in [-0.15, -0.1) is 11.3 Å². The molecule has 2 heterocycles. The minimum Gasteiger partial charge on any atom is -0.496 e. The van der Waals surface area contributed by atoms with Crippen molar-refractivity contribution in [1.82, 2.24) is 15.4 Å². The lowest BCUT2D eigenvalue weighted by atomic mass is 10.2. The van der Waals surface area contributed by atoms with Gasteiger partial charge in [-0.3, -0.25) is 10.2 Å². The first-order chi connectivity index (χ1) is 11.8. The molecule has 1 aromatic heterocycles. The maximum Gasteiger partial charge on any atom is 0.287 e. The number of nitrogens with one attached hydrogen (secondary N) is 2. The van der Waals surface area contributed by atoms with Crippen molar-refractivity contribution in [2.45, 2.75) is 25.8 Å². The second-order valence-corrected chi connectivity index (χ2v) is 6.54. The Morgan fingerprint density at radius 2 is 2.08 bits per heavy atom. The minimum absolute atomic E-state index is 0.152. The van der Waals surface area contributed by atoms with Crippen molar-refractivity contribution in [2.24, 2.45) is 0 Å². The third kappa shape index (κ3) is 4.04. The van der Waals surface area contributed by atoms with Crippen molar-refractivity contribution < 1.29 is 9.53 Å². The van der Waals surface area contributed by atoms with Crippen LogP contribution in [-0.4, -0.2) is 36.1 Å². The van der Waals surface area contributed by atoms with Gasteiger partial charge >= 0.3 is 0 Å². The molecule has 6 nitrogen and oxygen atoms in total. The molecule has 24 heavy (non-hydrogen) atoms. The fourth-order valence-corrected chi connectivity index (χ4v) is 3.44. The Morgan fingerprint density at radius 1 is 1.29 bits per heavy atom. The third-order valence-corrected chi connectivity index (χ3v) is 4.81. The number of hydrogen-bond donors (Lipinski definition) is 2. The van der Waals surface area contributed by atoms with Crippen molar-refractivity contribution in [3.8, 4) is 5.75 Å². The quantitative estimate of drug-likeness (QED) is 0.842. The molecular weight excluding hydrogens is 324 g/mol. The van der Waals surface area contributed by atoms with Gasteiger partial charge < -0.3 is 10.1 Å². The van der Waals surface area contributed by atoms with Crippen LogP contribution in [0, 0.1) is 0 Å². The summed E-state index contributed by atoms with van der Waals surface area (Å²) in [5.41, 5.74) is 6.13. The van der Waals surface area contributed by atoms with Crippen LogP contribution >= 0.6 is 11.3 Å². The average Bonchev–Trinajstić information content (AvgIpc) is 3.10. The van der Waals surface area contributed by atoms with Gasteiger partial charge in [0.25, 0.3) is 5.91 Å². The topological polar surface area (TPSA) is 66.5 Å². The molecule has 0 spiro atoms. The van der Waals surface area contributed by atoms with Gasteiger partial charge in [0, 0.05) is 25.2 Å². The predicted octanol–water partition coefficient (Wildman–Crippen LogP) is 2.89. The second kappa shape index (κ2) is 8.12. The lowest BCUT2D eigenvalue weighted by molar-refractivity contribution is 0.0746. The zero-order valence-corrected chi connectivity index (χ0v) is 14.6. The second-order valence-electron chi connectivity index (χ2n) is 5.68. The summed E-state index contributed by atoms with van der Waals surface area (Å²) >= 11 is 1.43. The molecule has 1 amide bonds. The van der Waals surface area contributed by atoms with Crippen LogP contribution < -0.4 is 15.5 Å². The molecule has 3 rings (SSSR count). The van der Waals surface area contributed by atoms with Crippen LogP contribution in [-0.2, 0) is 6.54 Å². The first-order valence-corrected chi connectivity index (χ1v) is 9.01. The van der Waals surface area contributed by atoms with Crippen molar-refractivity contribution in [2.75, 3.05) is 25.5 Å². The molecule has 0 atom stereocenters. The highest BCUT2D eigenvalue weighted by molar-refractivity contribution is 7.14. The number of para-hydroxylation sites is 1. The zero-order chi connectivity index (χ0) is 16.8. The van der Waals surface area contributed by atoms with Gasteiger partial charge in [0.15, 0.2) is 5.69 Å². The molecule has 128 valence electrons. The number of nitrogens with zero attached hydrogens (tertiary/aromatic N) is 2. The monoisotopic (exact) mass is 346 g/mol. The number of thiazole rings is 1. The Bertz CT molecular complexity index is 683. The highest BCUT2D eigenvalue weighted by Gasteiger charge is 2.19. The van der Waals surface area contributed by atoms with Crippen molar-refractivity contribution in [3.63, 3.8) is 0 Å². The molecule has 0 unspecified atom stereocenters. The number of ether oxygens (including phenoxy) is 1. The summed E-state index contributed by atoms with van der Waals surface area (Å²) in [5.74, 6) is 0.675. The Balaban J connectivity index is 1.63. The first kappa shape index (κ1) is 16.7. The van der Waals surface area contributed by atoms with E-state index in [1.807, 2.05) is 29.3 Å². The number of benzene rings is 1. The van der Waals surface area contributed by atoms with E-state index in [0.717, 1.165) is 42.2 Å². The molecule has 2 aromatic rings. The summed E-state index contributed by atoms with van der Waals surface area (Å²) in [6, 6.07) is 7.83. The number of hydrogen-bond acceptors (Lipinski definition) is 6. The van der Waals surface area contributed by atoms with E-state index in [1.165, 1.54) is 17.8 Å². The lowest BCUT2D eigenvalue weighted by Crippen LogP contribution is -2.45. The smallest absolute Gasteiger partial charge is 0.287 e. The molecule has 1 aliphatic heterocycles. The number of anilines is 1. The van der Waals surface area contributed by atoms with E-state index in [-0.39, 0.29) is 5.91 Å². The highest BCUT2D eigenvalue weighted by atomic mass is 32.1. The van der Waals surface area contributed by atoms with Crippen LogP contribution in [0.15, 0.2) is 29.8 Å². The molecule has 1 fully saturated rings. The average molecular weight is 346 g/mol. The molecule has 0 bridgehead atoms. The number of methoxy groups -OCH3 is 1. The number of hydrazine groups is 1. The van der Waals surface area contributed by atoms with Gasteiger partial charge in [-0.25, -0.2) is 9.99 Å². The summed E-state index contributed by atoms with van der Waals surface area (Å²) in [6.07, 6.45) is 3.47. The molecule has 1 aliphatic rings. The van der Waals surface area contributed by atoms with Crippen LogP contribution in [0.5, 0.6) is 5.75 Å². The third-order valence-electron chi connectivity index (χ3n) is 4.03. The number of rotatable bonds is 6. The highest BCUT2D eigenvalue weighted by Crippen LogP contribution is 2.24. The van der Waals surface area contributed by atoms with Gasteiger partial charge in [-0.1, -0.05) is 24.6 Å². The minimum atomic E-state index is -0.152. The van der Waals surface area contributed by atoms with E-state index >= 15 is 0 Å². The van der Waals surface area contributed by atoms with Crippen molar-refractivity contribution in [3.05, 3.63) is 41.0 Å². The fourth-order valence-electron chi connectivity index (χ4n) is 2.76. The van der Waals surface area contributed by atoms with E-state index in [9.17, 15) is 4.79 Å². The number of amides is 1. The summed E-state index contributed by atoms with van der Waals surface area (Å²) in [4.78, 5) is 16.7. The summed E-state index contributed by atoms with van der Waals surface area (Å²) in [7, 11) is 1.66. The summed E-state index contributed by atoms with van der Waals surface area (Å²) < 4.78 is 5.36. The van der Waals surface area contributed by atoms with Gasteiger partial charge in [0.2, 0.25) is 0 Å². The SMILES string of the molecule is COc1ccccc1CNc1scnc1C(=O)NN1CCCCC1. The molecule has 0 aliphatic carbocycles. The van der Waals surface area contributed by atoms with Crippen LogP contribution in [0.2, 0.25) is 0 Å². The first-order valence-electron chi connectivity index (χ1n) is 8.13. The molecule has 0 saturated carbocycles. The van der Waals surface area contributed by atoms with Crippen molar-refractivity contribution >= 4 is 22.2 Å². The molecule has 1 aromatic carbocycles. The maximum atomic E-state index is 12.5. The van der Waals surface area contributed by atoms with E-state index in [0.29, 0.717) is 12.2 Å². The maximum absolute atomic E-state index is 12.5. The molecule has 0 radical (unpaired) electrons. The Morgan fingerprint density at radius 3 is 2.88 bits per heavy atom. The Labute approximate surface area is 145 Å². The Kier molecular flexibility index (Phi) is 5.66. The predicted molar refractivity (Wildman–Crippen MR) is 95.3 cm³/mol. The zero-order valence-electron chi connectivity index (χ0n) is 13.7. The molecule has 1 saturated heterocycles. The normalized spacial score (nSPS) is 15.0. The number of piperidine rings is 1. The Hall–Kier alpha value is -2.12. The number of carbonyl (C=O) groups excluding carboxylic acids is 1. The van der Waals surface area contributed by atoms with Gasteiger partial charge in [-0.2, -0.15) is 0 Å². The van der Waals surface area contributed by atoms with Crippen LogP contribution in [0.1, 0.15) is 35.3 Å². The molecular formula is C17H22N4O2S. The summed E-state index contributed by atoms with van der Waals surface area (Å²) in [6.45, 7) is 2.38. The van der Waals surface area contributed by atoms with E-state index in [1.54, 1.807) is 12.6 Å². The van der Waals surface area contributed by atoms with Crippen LogP contribution in [0.3, 0.4) is 0 Å².